The van der Waals surface area contributed by atoms with Crippen LogP contribution in [0.3, 0.4) is 0 Å². The molecule has 0 atom stereocenters. The van der Waals surface area contributed by atoms with Crippen molar-refractivity contribution < 1.29 is 31.1 Å². The number of carbonyl (C=O) groups is 1. The van der Waals surface area contributed by atoms with E-state index in [0.29, 0.717) is 0 Å². The van der Waals surface area contributed by atoms with E-state index in [2.05, 4.69) is 5.32 Å². The highest BCUT2D eigenvalue weighted by atomic mass is 35.5. The van der Waals surface area contributed by atoms with Crippen LogP contribution in [0, 0.1) is 11.6 Å². The number of thioether (sulfide) groups is 1. The van der Waals surface area contributed by atoms with Crippen molar-refractivity contribution in [1.29, 1.82) is 0 Å². The molecule has 10 heteroatoms. The predicted octanol–water partition coefficient (Wildman–Crippen LogP) is 7.24. The van der Waals surface area contributed by atoms with Crippen molar-refractivity contribution in [3.63, 3.8) is 0 Å². The van der Waals surface area contributed by atoms with Gasteiger partial charge in [0.1, 0.15) is 17.2 Å². The van der Waals surface area contributed by atoms with Crippen LogP contribution in [0.4, 0.5) is 26.3 Å². The Morgan fingerprint density at radius 2 is 1.42 bits per heavy atom. The van der Waals surface area contributed by atoms with Crippen LogP contribution in [0.2, 0.25) is 0 Å². The van der Waals surface area contributed by atoms with Gasteiger partial charge in [-0.2, -0.15) is 8.78 Å². The van der Waals surface area contributed by atoms with E-state index < -0.39 is 34.8 Å². The van der Waals surface area contributed by atoms with Crippen LogP contribution in [-0.2, 0) is 0 Å². The minimum atomic E-state index is -4.06. The first-order valence-corrected chi connectivity index (χ1v) is 10.8. The number of hydrogen-bond donors (Lipinski definition) is 1. The van der Waals surface area contributed by atoms with Gasteiger partial charge in [-0.1, -0.05) is 48.5 Å². The first kappa shape index (κ1) is 26.6. The Morgan fingerprint density at radius 3 is 1.94 bits per heavy atom. The van der Waals surface area contributed by atoms with Gasteiger partial charge in [-0.3, -0.25) is 4.79 Å². The Morgan fingerprint density at radius 1 is 0.879 bits per heavy atom. The molecule has 0 aromatic heterocycles. The summed E-state index contributed by atoms with van der Waals surface area (Å²) in [6, 6.07) is 18.7. The number of alkyl halides is 5. The second kappa shape index (κ2) is 12.6. The lowest BCUT2D eigenvalue weighted by atomic mass is 10.1. The smallest absolute Gasteiger partial charge is 0.351 e. The SMILES string of the molecule is FC(F)C(F)(F)Sc1ccc(-c2ccccc2)cc1.O=C(NCCCl)c1c(F)cccc1F. The number of rotatable bonds is 7. The first-order valence-electron chi connectivity index (χ1n) is 9.44. The van der Waals surface area contributed by atoms with Gasteiger partial charge in [0.05, 0.1) is 0 Å². The molecule has 3 aromatic carbocycles. The molecule has 3 aromatic rings. The fourth-order valence-electron chi connectivity index (χ4n) is 2.51. The molecule has 3 rings (SSSR count). The van der Waals surface area contributed by atoms with Gasteiger partial charge in [-0.15, -0.1) is 11.6 Å². The minimum Gasteiger partial charge on any atom is -0.351 e. The molecule has 0 heterocycles. The summed E-state index contributed by atoms with van der Waals surface area (Å²) in [6.45, 7) is 0.175. The molecule has 0 aliphatic heterocycles. The zero-order chi connectivity index (χ0) is 24.4. The van der Waals surface area contributed by atoms with Crippen LogP contribution in [0.5, 0.6) is 0 Å². The Balaban J connectivity index is 0.000000245. The van der Waals surface area contributed by atoms with Gasteiger partial charge in [-0.05, 0) is 47.2 Å². The standard InChI is InChI=1S/C14H10F4S.C9H8ClF2NO/c15-13(16)14(17,18)19-12-8-6-11(7-9-12)10-4-2-1-3-5-10;10-4-5-13-9(14)8-6(11)2-1-3-7(8)12/h1-9,13H;1-3H,4-5H2,(H,13,14). The van der Waals surface area contributed by atoms with Crippen molar-refractivity contribution >= 4 is 29.3 Å². The van der Waals surface area contributed by atoms with E-state index in [9.17, 15) is 31.1 Å². The number of carbonyl (C=O) groups excluding carboxylic acids is 1. The zero-order valence-electron chi connectivity index (χ0n) is 16.9. The van der Waals surface area contributed by atoms with Crippen LogP contribution in [0.15, 0.2) is 77.7 Å². The average Bonchev–Trinajstić information content (AvgIpc) is 2.79. The van der Waals surface area contributed by atoms with Crippen LogP contribution in [0.1, 0.15) is 10.4 Å². The molecule has 0 saturated carbocycles. The predicted molar refractivity (Wildman–Crippen MR) is 118 cm³/mol. The highest BCUT2D eigenvalue weighted by molar-refractivity contribution is 8.00. The summed E-state index contributed by atoms with van der Waals surface area (Å²) in [4.78, 5) is 11.3. The average molecular weight is 506 g/mol. The summed E-state index contributed by atoms with van der Waals surface area (Å²) < 4.78 is 75.9. The lowest BCUT2D eigenvalue weighted by Gasteiger charge is -2.14. The molecule has 176 valence electrons. The van der Waals surface area contributed by atoms with Gasteiger partial charge < -0.3 is 5.32 Å². The Bertz CT molecular complexity index is 1010. The maximum absolute atomic E-state index is 13.0. The summed E-state index contributed by atoms with van der Waals surface area (Å²) in [7, 11) is 0. The molecule has 0 aliphatic rings. The highest BCUT2D eigenvalue weighted by Crippen LogP contribution is 2.40. The number of halogens is 7. The topological polar surface area (TPSA) is 29.1 Å². The van der Waals surface area contributed by atoms with Gasteiger partial charge in [0.15, 0.2) is 0 Å². The van der Waals surface area contributed by atoms with Gasteiger partial charge in [0.2, 0.25) is 0 Å². The number of amides is 1. The van der Waals surface area contributed by atoms with Crippen molar-refractivity contribution in [3.8, 4) is 11.1 Å². The summed E-state index contributed by atoms with van der Waals surface area (Å²) >= 11 is 5.18. The monoisotopic (exact) mass is 505 g/mol. The van der Waals surface area contributed by atoms with Crippen LogP contribution < -0.4 is 5.32 Å². The van der Waals surface area contributed by atoms with E-state index in [0.717, 1.165) is 23.3 Å². The van der Waals surface area contributed by atoms with Gasteiger partial charge in [-0.25, -0.2) is 17.6 Å². The molecule has 0 aliphatic carbocycles. The van der Waals surface area contributed by atoms with Crippen LogP contribution in [-0.4, -0.2) is 30.0 Å². The quantitative estimate of drug-likeness (QED) is 0.208. The molecular weight excluding hydrogens is 488 g/mol. The minimum absolute atomic E-state index is 0.116. The molecule has 0 bridgehead atoms. The Kier molecular flexibility index (Phi) is 10.1. The molecule has 1 amide bonds. The summed E-state index contributed by atoms with van der Waals surface area (Å²) in [5.41, 5.74) is 1.22. The van der Waals surface area contributed by atoms with Crippen molar-refractivity contribution in [3.05, 3.63) is 90.0 Å². The fraction of sp³-hybridized carbons (Fsp3) is 0.174. The summed E-state index contributed by atoms with van der Waals surface area (Å²) in [5.74, 6) is -2.35. The molecule has 0 saturated heterocycles. The van der Waals surface area contributed by atoms with Gasteiger partial charge in [0, 0.05) is 17.3 Å². The number of benzene rings is 3. The molecule has 0 unspecified atom stereocenters. The van der Waals surface area contributed by atoms with E-state index >= 15 is 0 Å². The van der Waals surface area contributed by atoms with Crippen LogP contribution in [0.25, 0.3) is 11.1 Å². The van der Waals surface area contributed by atoms with Crippen molar-refractivity contribution in [2.45, 2.75) is 16.6 Å². The van der Waals surface area contributed by atoms with E-state index in [1.165, 1.54) is 18.2 Å². The lowest BCUT2D eigenvalue weighted by molar-refractivity contribution is -0.0563. The van der Waals surface area contributed by atoms with Gasteiger partial charge in [0.25, 0.3) is 5.91 Å². The van der Waals surface area contributed by atoms with E-state index in [-0.39, 0.29) is 29.1 Å². The highest BCUT2D eigenvalue weighted by Gasteiger charge is 2.41. The molecule has 0 radical (unpaired) electrons. The van der Waals surface area contributed by atoms with E-state index in [4.69, 9.17) is 11.6 Å². The second-order valence-electron chi connectivity index (χ2n) is 6.40. The number of hydrogen-bond acceptors (Lipinski definition) is 2. The molecule has 0 fully saturated rings. The van der Waals surface area contributed by atoms with E-state index in [1.807, 2.05) is 30.3 Å². The summed E-state index contributed by atoms with van der Waals surface area (Å²) in [5, 5.41) is -1.78. The van der Waals surface area contributed by atoms with Crippen molar-refractivity contribution in [2.75, 3.05) is 12.4 Å². The Hall–Kier alpha value is -2.65. The maximum atomic E-state index is 13.0. The van der Waals surface area contributed by atoms with Gasteiger partial charge >= 0.3 is 11.7 Å². The third kappa shape index (κ3) is 8.01. The Labute approximate surface area is 196 Å². The number of nitrogens with one attached hydrogen (secondary N) is 1. The zero-order valence-corrected chi connectivity index (χ0v) is 18.5. The second-order valence-corrected chi connectivity index (χ2v) is 7.99. The van der Waals surface area contributed by atoms with Crippen molar-refractivity contribution in [2.24, 2.45) is 0 Å². The maximum Gasteiger partial charge on any atom is 0.357 e. The molecule has 0 spiro atoms. The molecular formula is C23H18ClF6NOS. The first-order chi connectivity index (χ1) is 15.7. The third-order valence-corrected chi connectivity index (χ3v) is 5.19. The third-order valence-electron chi connectivity index (χ3n) is 4.04. The molecule has 1 N–H and O–H groups in total. The van der Waals surface area contributed by atoms with Crippen LogP contribution >= 0.6 is 23.4 Å². The fourth-order valence-corrected chi connectivity index (χ4v) is 3.28. The molecule has 2 nitrogen and oxygen atoms in total. The normalized spacial score (nSPS) is 11.0. The van der Waals surface area contributed by atoms with E-state index in [1.54, 1.807) is 12.1 Å². The molecule has 33 heavy (non-hydrogen) atoms. The largest absolute Gasteiger partial charge is 0.357 e. The van der Waals surface area contributed by atoms with Crippen molar-refractivity contribution in [1.82, 2.24) is 5.32 Å². The summed E-state index contributed by atoms with van der Waals surface area (Å²) in [6.07, 6.45) is -3.67. The lowest BCUT2D eigenvalue weighted by Crippen LogP contribution is -2.27.